The predicted octanol–water partition coefficient (Wildman–Crippen LogP) is 1.25. The van der Waals surface area contributed by atoms with E-state index in [1.54, 1.807) is 0 Å². The molecule has 2 atom stereocenters. The van der Waals surface area contributed by atoms with Gasteiger partial charge in [0.1, 0.15) is 0 Å². The molecule has 16 heavy (non-hydrogen) atoms. The summed E-state index contributed by atoms with van der Waals surface area (Å²) in [4.78, 5) is 0. The average molecular weight is 233 g/mol. The molecule has 84 valence electrons. The third-order valence-corrected chi connectivity index (χ3v) is 4.36. The summed E-state index contributed by atoms with van der Waals surface area (Å²) in [5.74, 6) is 6.86. The standard InChI is InChI=1S/C12H15N3S/c13-15-11-9-4-2-1-3-8(9)7-10(11)12-14-5-6-16-12/h1-4,7,11-12,14-15H,5-6,13H2. The highest BCUT2D eigenvalue weighted by Crippen LogP contribution is 2.39. The number of nitrogens with two attached hydrogens (primary N) is 1. The van der Waals surface area contributed by atoms with Gasteiger partial charge in [0.15, 0.2) is 0 Å². The van der Waals surface area contributed by atoms with Gasteiger partial charge in [-0.15, -0.1) is 11.8 Å². The van der Waals surface area contributed by atoms with Gasteiger partial charge in [0.05, 0.1) is 11.4 Å². The maximum Gasteiger partial charge on any atom is 0.0771 e. The van der Waals surface area contributed by atoms with Crippen LogP contribution < -0.4 is 16.6 Å². The Bertz CT molecular complexity index is 424. The first-order valence-electron chi connectivity index (χ1n) is 5.51. The summed E-state index contributed by atoms with van der Waals surface area (Å²) < 4.78 is 0. The third kappa shape index (κ3) is 1.58. The van der Waals surface area contributed by atoms with Gasteiger partial charge in [-0.25, -0.2) is 5.43 Å². The summed E-state index contributed by atoms with van der Waals surface area (Å²) in [6, 6.07) is 8.59. The van der Waals surface area contributed by atoms with Crippen LogP contribution in [0.4, 0.5) is 0 Å². The molecule has 0 spiro atoms. The van der Waals surface area contributed by atoms with Crippen molar-refractivity contribution < 1.29 is 0 Å². The van der Waals surface area contributed by atoms with Crippen LogP contribution in [0.1, 0.15) is 17.2 Å². The number of fused-ring (bicyclic) bond motifs is 1. The Balaban J connectivity index is 1.96. The fourth-order valence-corrected chi connectivity index (χ4v) is 3.50. The second-order valence-electron chi connectivity index (χ2n) is 4.08. The van der Waals surface area contributed by atoms with Gasteiger partial charge in [0, 0.05) is 12.3 Å². The van der Waals surface area contributed by atoms with E-state index in [-0.39, 0.29) is 6.04 Å². The lowest BCUT2D eigenvalue weighted by Crippen LogP contribution is -2.33. The van der Waals surface area contributed by atoms with E-state index in [4.69, 9.17) is 5.84 Å². The summed E-state index contributed by atoms with van der Waals surface area (Å²) in [6.07, 6.45) is 2.26. The van der Waals surface area contributed by atoms with E-state index in [9.17, 15) is 0 Å². The zero-order valence-corrected chi connectivity index (χ0v) is 9.76. The van der Waals surface area contributed by atoms with Crippen LogP contribution >= 0.6 is 11.8 Å². The molecular formula is C12H15N3S. The molecule has 0 radical (unpaired) electrons. The zero-order chi connectivity index (χ0) is 11.0. The smallest absolute Gasteiger partial charge is 0.0771 e. The minimum absolute atomic E-state index is 0.166. The normalized spacial score (nSPS) is 27.9. The van der Waals surface area contributed by atoms with E-state index in [2.05, 4.69) is 41.1 Å². The van der Waals surface area contributed by atoms with E-state index in [0.717, 1.165) is 6.54 Å². The molecule has 1 aromatic carbocycles. The SMILES string of the molecule is NNC1C(C2NCCS2)=Cc2ccccc21. The van der Waals surface area contributed by atoms with Crippen molar-refractivity contribution in [3.05, 3.63) is 41.0 Å². The fraction of sp³-hybridized carbons (Fsp3) is 0.333. The van der Waals surface area contributed by atoms with Gasteiger partial charge in [-0.1, -0.05) is 30.3 Å². The van der Waals surface area contributed by atoms with Crippen LogP contribution in [0.25, 0.3) is 6.08 Å². The van der Waals surface area contributed by atoms with Crippen molar-refractivity contribution in [3.8, 4) is 0 Å². The van der Waals surface area contributed by atoms with Crippen molar-refractivity contribution in [2.24, 2.45) is 5.84 Å². The molecule has 1 saturated heterocycles. The van der Waals surface area contributed by atoms with Gasteiger partial charge in [-0.2, -0.15) is 0 Å². The van der Waals surface area contributed by atoms with Gasteiger partial charge in [0.2, 0.25) is 0 Å². The van der Waals surface area contributed by atoms with Crippen LogP contribution in [0, 0.1) is 0 Å². The van der Waals surface area contributed by atoms with Crippen LogP contribution in [0.15, 0.2) is 29.8 Å². The first-order valence-corrected chi connectivity index (χ1v) is 6.56. The maximum atomic E-state index is 5.68. The summed E-state index contributed by atoms with van der Waals surface area (Å²) in [5, 5.41) is 3.91. The Morgan fingerprint density at radius 3 is 3.00 bits per heavy atom. The molecule has 1 heterocycles. The molecule has 0 saturated carbocycles. The number of hydrogen-bond acceptors (Lipinski definition) is 4. The van der Waals surface area contributed by atoms with Gasteiger partial charge in [0.25, 0.3) is 0 Å². The third-order valence-electron chi connectivity index (χ3n) is 3.15. The number of nitrogens with one attached hydrogen (secondary N) is 2. The Kier molecular flexibility index (Phi) is 2.73. The van der Waals surface area contributed by atoms with Crippen molar-refractivity contribution in [3.63, 3.8) is 0 Å². The highest BCUT2D eigenvalue weighted by molar-refractivity contribution is 8.00. The second kappa shape index (κ2) is 4.22. The van der Waals surface area contributed by atoms with Gasteiger partial charge >= 0.3 is 0 Å². The second-order valence-corrected chi connectivity index (χ2v) is 5.29. The van der Waals surface area contributed by atoms with Crippen molar-refractivity contribution in [1.82, 2.24) is 10.7 Å². The lowest BCUT2D eigenvalue weighted by Gasteiger charge is -2.20. The summed E-state index contributed by atoms with van der Waals surface area (Å²) in [6.45, 7) is 1.08. The van der Waals surface area contributed by atoms with Gasteiger partial charge < -0.3 is 5.32 Å². The summed E-state index contributed by atoms with van der Waals surface area (Å²) >= 11 is 1.95. The Morgan fingerprint density at radius 1 is 1.38 bits per heavy atom. The van der Waals surface area contributed by atoms with E-state index in [0.29, 0.717) is 5.37 Å². The first-order chi connectivity index (χ1) is 7.90. The van der Waals surface area contributed by atoms with Gasteiger partial charge in [-0.05, 0) is 16.7 Å². The number of benzene rings is 1. The van der Waals surface area contributed by atoms with Crippen LogP contribution in [0.5, 0.6) is 0 Å². The summed E-state index contributed by atoms with van der Waals surface area (Å²) in [5.41, 5.74) is 6.85. The lowest BCUT2D eigenvalue weighted by atomic mass is 10.0. The average Bonchev–Trinajstić information content (AvgIpc) is 2.95. The minimum atomic E-state index is 0.166. The Labute approximate surface area is 99.5 Å². The topological polar surface area (TPSA) is 50.1 Å². The molecule has 3 rings (SSSR count). The minimum Gasteiger partial charge on any atom is -0.301 e. The molecule has 1 aliphatic carbocycles. The lowest BCUT2D eigenvalue weighted by molar-refractivity contribution is 0.601. The van der Waals surface area contributed by atoms with Crippen molar-refractivity contribution in [2.75, 3.05) is 12.3 Å². The van der Waals surface area contributed by atoms with Crippen LogP contribution in [-0.4, -0.2) is 17.7 Å². The van der Waals surface area contributed by atoms with Crippen molar-refractivity contribution >= 4 is 17.8 Å². The molecule has 4 heteroatoms. The Hall–Kier alpha value is -0.810. The molecule has 4 N–H and O–H groups in total. The fourth-order valence-electron chi connectivity index (χ4n) is 2.40. The summed E-state index contributed by atoms with van der Waals surface area (Å²) in [7, 11) is 0. The highest BCUT2D eigenvalue weighted by Gasteiger charge is 2.31. The number of thioether (sulfide) groups is 1. The predicted molar refractivity (Wildman–Crippen MR) is 68.7 cm³/mol. The van der Waals surface area contributed by atoms with E-state index < -0.39 is 0 Å². The van der Waals surface area contributed by atoms with E-state index in [1.807, 2.05) is 11.8 Å². The van der Waals surface area contributed by atoms with Crippen molar-refractivity contribution in [1.29, 1.82) is 0 Å². The number of hydrazine groups is 1. The highest BCUT2D eigenvalue weighted by atomic mass is 32.2. The molecule has 1 aliphatic heterocycles. The van der Waals surface area contributed by atoms with E-state index >= 15 is 0 Å². The molecule has 0 bridgehead atoms. The molecule has 0 aromatic heterocycles. The molecule has 3 nitrogen and oxygen atoms in total. The molecular weight excluding hydrogens is 218 g/mol. The molecule has 1 aromatic rings. The van der Waals surface area contributed by atoms with Gasteiger partial charge in [-0.3, -0.25) is 5.84 Å². The van der Waals surface area contributed by atoms with Crippen LogP contribution in [0.3, 0.4) is 0 Å². The van der Waals surface area contributed by atoms with Crippen LogP contribution in [-0.2, 0) is 0 Å². The number of rotatable bonds is 2. The Morgan fingerprint density at radius 2 is 2.25 bits per heavy atom. The maximum absolute atomic E-state index is 5.68. The molecule has 1 fully saturated rings. The zero-order valence-electron chi connectivity index (χ0n) is 8.94. The van der Waals surface area contributed by atoms with Crippen LogP contribution in [0.2, 0.25) is 0 Å². The van der Waals surface area contributed by atoms with Crippen molar-refractivity contribution in [2.45, 2.75) is 11.4 Å². The monoisotopic (exact) mass is 233 g/mol. The largest absolute Gasteiger partial charge is 0.301 e. The van der Waals surface area contributed by atoms with E-state index in [1.165, 1.54) is 22.5 Å². The quantitative estimate of drug-likeness (QED) is 0.531. The number of hydrogen-bond donors (Lipinski definition) is 3. The molecule has 2 unspecified atom stereocenters. The molecule has 2 aliphatic rings. The first kappa shape index (κ1) is 10.4. The molecule has 0 amide bonds.